The predicted molar refractivity (Wildman–Crippen MR) is 129 cm³/mol. The Balaban J connectivity index is 2.10. The van der Waals surface area contributed by atoms with E-state index in [2.05, 4.69) is 40.9 Å². The Labute approximate surface area is 191 Å². The van der Waals surface area contributed by atoms with Gasteiger partial charge in [-0.1, -0.05) is 41.5 Å². The molecular formula is C24H39N5O3. The molecule has 8 heteroatoms. The highest BCUT2D eigenvalue weighted by Gasteiger charge is 2.27. The molecule has 0 saturated heterocycles. The highest BCUT2D eigenvalue weighted by Crippen LogP contribution is 2.34. The smallest absolute Gasteiger partial charge is 0.240 e. The molecule has 1 aliphatic carbocycles. The molecule has 0 radical (unpaired) electrons. The van der Waals surface area contributed by atoms with Crippen molar-refractivity contribution >= 4 is 34.8 Å². The summed E-state index contributed by atoms with van der Waals surface area (Å²) >= 11 is 0. The van der Waals surface area contributed by atoms with Crippen LogP contribution in [0.4, 0.5) is 17.1 Å². The van der Waals surface area contributed by atoms with E-state index in [0.29, 0.717) is 28.9 Å². The number of hydrazine groups is 2. The molecule has 0 bridgehead atoms. The number of carbonyl (C=O) groups excluding carboxylic acids is 3. The van der Waals surface area contributed by atoms with Crippen LogP contribution in [0.3, 0.4) is 0 Å². The molecule has 0 aliphatic heterocycles. The first-order valence-corrected chi connectivity index (χ1v) is 11.6. The highest BCUT2D eigenvalue weighted by atomic mass is 16.2. The lowest BCUT2D eigenvalue weighted by atomic mass is 9.76. The van der Waals surface area contributed by atoms with Crippen LogP contribution in [0.2, 0.25) is 0 Å². The molecule has 0 spiro atoms. The van der Waals surface area contributed by atoms with Crippen LogP contribution in [0, 0.1) is 29.6 Å². The van der Waals surface area contributed by atoms with Gasteiger partial charge in [0.1, 0.15) is 0 Å². The average Bonchev–Trinajstić information content (AvgIpc) is 2.75. The molecule has 3 amide bonds. The van der Waals surface area contributed by atoms with E-state index in [-0.39, 0.29) is 35.5 Å². The summed E-state index contributed by atoms with van der Waals surface area (Å²) in [6.45, 7) is 11.7. The van der Waals surface area contributed by atoms with E-state index in [1.165, 1.54) is 0 Å². The van der Waals surface area contributed by atoms with Crippen LogP contribution in [0.15, 0.2) is 18.2 Å². The van der Waals surface area contributed by atoms with E-state index in [1.54, 1.807) is 45.9 Å². The molecule has 1 aromatic rings. The number of carbonyl (C=O) groups is 3. The van der Waals surface area contributed by atoms with Crippen molar-refractivity contribution in [2.24, 2.45) is 29.6 Å². The van der Waals surface area contributed by atoms with Crippen molar-refractivity contribution in [1.82, 2.24) is 10.9 Å². The van der Waals surface area contributed by atoms with Gasteiger partial charge in [0.15, 0.2) is 0 Å². The second kappa shape index (κ2) is 11.7. The van der Waals surface area contributed by atoms with E-state index in [0.717, 1.165) is 25.7 Å². The molecule has 2 rings (SSSR count). The summed E-state index contributed by atoms with van der Waals surface area (Å²) in [6.07, 6.45) is 3.94. The van der Waals surface area contributed by atoms with Gasteiger partial charge in [0.2, 0.25) is 17.7 Å². The van der Waals surface area contributed by atoms with Gasteiger partial charge in [-0.05, 0) is 55.7 Å². The van der Waals surface area contributed by atoms with Gasteiger partial charge >= 0.3 is 0 Å². The summed E-state index contributed by atoms with van der Waals surface area (Å²) in [7, 11) is 0. The summed E-state index contributed by atoms with van der Waals surface area (Å²) in [4.78, 5) is 36.7. The van der Waals surface area contributed by atoms with E-state index in [4.69, 9.17) is 0 Å². The summed E-state index contributed by atoms with van der Waals surface area (Å²) in [5, 5.41) is 3.01. The fourth-order valence-corrected chi connectivity index (χ4v) is 3.69. The van der Waals surface area contributed by atoms with Gasteiger partial charge in [-0.2, -0.15) is 0 Å². The van der Waals surface area contributed by atoms with E-state index < -0.39 is 0 Å². The van der Waals surface area contributed by atoms with E-state index in [1.807, 2.05) is 0 Å². The molecule has 0 unspecified atom stereocenters. The Kier molecular flexibility index (Phi) is 9.35. The number of amides is 3. The van der Waals surface area contributed by atoms with E-state index in [9.17, 15) is 14.4 Å². The topological polar surface area (TPSA) is 111 Å². The zero-order valence-electron chi connectivity index (χ0n) is 20.2. The first kappa shape index (κ1) is 25.5. The third-order valence-electron chi connectivity index (χ3n) is 5.99. The van der Waals surface area contributed by atoms with Crippen LogP contribution >= 0.6 is 0 Å². The van der Waals surface area contributed by atoms with Gasteiger partial charge in [0, 0.05) is 23.4 Å². The summed E-state index contributed by atoms with van der Waals surface area (Å²) in [5.41, 5.74) is 12.8. The normalized spacial score (nSPS) is 18.4. The molecule has 0 aromatic heterocycles. The molecule has 0 heterocycles. The van der Waals surface area contributed by atoms with Crippen LogP contribution in [0.25, 0.3) is 0 Å². The molecule has 1 saturated carbocycles. The fourth-order valence-electron chi connectivity index (χ4n) is 3.69. The summed E-state index contributed by atoms with van der Waals surface area (Å²) in [6, 6.07) is 5.26. The molecular weight excluding hydrogens is 406 g/mol. The van der Waals surface area contributed by atoms with Crippen molar-refractivity contribution < 1.29 is 14.4 Å². The minimum atomic E-state index is -0.172. The largest absolute Gasteiger partial charge is 0.326 e. The van der Waals surface area contributed by atoms with Gasteiger partial charge in [-0.3, -0.25) is 36.1 Å². The zero-order chi connectivity index (χ0) is 23.8. The van der Waals surface area contributed by atoms with Crippen LogP contribution < -0.4 is 27.0 Å². The van der Waals surface area contributed by atoms with Crippen LogP contribution in [0.5, 0.6) is 0 Å². The molecule has 1 aromatic carbocycles. The number of hydrogen-bond acceptors (Lipinski definition) is 5. The molecule has 8 nitrogen and oxygen atoms in total. The molecule has 32 heavy (non-hydrogen) atoms. The van der Waals surface area contributed by atoms with Crippen LogP contribution in [-0.4, -0.2) is 17.7 Å². The van der Waals surface area contributed by atoms with Crippen molar-refractivity contribution in [1.29, 1.82) is 0 Å². The van der Waals surface area contributed by atoms with E-state index >= 15 is 0 Å². The lowest BCUT2D eigenvalue weighted by Gasteiger charge is -2.30. The maximum atomic E-state index is 12.9. The molecule has 0 atom stereocenters. The Morgan fingerprint density at radius 2 is 1.16 bits per heavy atom. The number of hydrogen-bond donors (Lipinski definition) is 5. The third kappa shape index (κ3) is 7.73. The van der Waals surface area contributed by atoms with Gasteiger partial charge in [0.25, 0.3) is 0 Å². The van der Waals surface area contributed by atoms with Gasteiger partial charge in [-0.15, -0.1) is 0 Å². The maximum absolute atomic E-state index is 12.9. The molecule has 1 aliphatic rings. The molecule has 178 valence electrons. The molecule has 5 N–H and O–H groups in total. The average molecular weight is 446 g/mol. The summed E-state index contributed by atoms with van der Waals surface area (Å²) < 4.78 is 0. The number of anilines is 3. The number of rotatable bonds is 9. The Bertz CT molecular complexity index is 757. The second-order valence-corrected chi connectivity index (χ2v) is 9.68. The minimum absolute atomic E-state index is 0.000637. The van der Waals surface area contributed by atoms with Crippen molar-refractivity contribution in [3.63, 3.8) is 0 Å². The predicted octanol–water partition coefficient (Wildman–Crippen LogP) is 4.29. The third-order valence-corrected chi connectivity index (χ3v) is 5.99. The van der Waals surface area contributed by atoms with Gasteiger partial charge in [0.05, 0.1) is 11.4 Å². The highest BCUT2D eigenvalue weighted by molar-refractivity contribution is 5.94. The minimum Gasteiger partial charge on any atom is -0.326 e. The van der Waals surface area contributed by atoms with Gasteiger partial charge in [-0.25, -0.2) is 0 Å². The lowest BCUT2D eigenvalue weighted by Crippen LogP contribution is -2.34. The zero-order valence-corrected chi connectivity index (χ0v) is 20.2. The first-order valence-electron chi connectivity index (χ1n) is 11.6. The number of benzene rings is 1. The summed E-state index contributed by atoms with van der Waals surface area (Å²) in [5.74, 6) is 0.706. The number of nitrogens with one attached hydrogen (secondary N) is 5. The van der Waals surface area contributed by atoms with Crippen molar-refractivity contribution in [3.8, 4) is 0 Å². The first-order chi connectivity index (χ1) is 15.1. The maximum Gasteiger partial charge on any atom is 0.240 e. The SMILES string of the molecule is CC(C)C(=O)NNc1cc(NNC(=O)C(C)C)cc(NC(=O)C2CCC(C(C)C)CC2)c1. The Morgan fingerprint density at radius 1 is 0.719 bits per heavy atom. The van der Waals surface area contributed by atoms with Crippen molar-refractivity contribution in [2.45, 2.75) is 67.2 Å². The van der Waals surface area contributed by atoms with Gasteiger partial charge < -0.3 is 5.32 Å². The fraction of sp³-hybridized carbons (Fsp3) is 0.625. The monoisotopic (exact) mass is 445 g/mol. The second-order valence-electron chi connectivity index (χ2n) is 9.68. The lowest BCUT2D eigenvalue weighted by molar-refractivity contribution is -0.124. The van der Waals surface area contributed by atoms with Crippen LogP contribution in [0.1, 0.15) is 67.2 Å². The quantitative estimate of drug-likeness (QED) is 0.364. The van der Waals surface area contributed by atoms with Crippen molar-refractivity contribution in [2.75, 3.05) is 16.2 Å². The Hall–Kier alpha value is -2.77. The van der Waals surface area contributed by atoms with Crippen LogP contribution in [-0.2, 0) is 14.4 Å². The molecule has 1 fully saturated rings. The Morgan fingerprint density at radius 3 is 1.56 bits per heavy atom. The van der Waals surface area contributed by atoms with Crippen molar-refractivity contribution in [3.05, 3.63) is 18.2 Å². The standard InChI is InChI=1S/C24H39N5O3/c1-14(2)17-7-9-18(10-8-17)24(32)25-19-11-20(26-28-22(30)15(3)4)13-21(12-19)27-29-23(31)16(5)6/h11-18,26-27H,7-10H2,1-6H3,(H,25,32)(H,28,30)(H,29,31).